The SMILES string of the molecule is O=C(NC1CCSc2c(F)cccc21)C1CNC1. The maximum Gasteiger partial charge on any atom is 0.226 e. The van der Waals surface area contributed by atoms with E-state index in [1.165, 1.54) is 17.8 Å². The fourth-order valence-corrected chi connectivity index (χ4v) is 3.44. The molecule has 1 atom stereocenters. The Labute approximate surface area is 110 Å². The van der Waals surface area contributed by atoms with Gasteiger partial charge in [-0.15, -0.1) is 11.8 Å². The highest BCUT2D eigenvalue weighted by Gasteiger charge is 2.29. The van der Waals surface area contributed by atoms with E-state index in [-0.39, 0.29) is 23.7 Å². The molecule has 1 unspecified atom stereocenters. The average molecular weight is 266 g/mol. The zero-order valence-electron chi connectivity index (χ0n) is 9.91. The van der Waals surface area contributed by atoms with Crippen LogP contribution in [0, 0.1) is 11.7 Å². The molecule has 5 heteroatoms. The van der Waals surface area contributed by atoms with Gasteiger partial charge in [-0.1, -0.05) is 12.1 Å². The van der Waals surface area contributed by atoms with Gasteiger partial charge in [-0.25, -0.2) is 4.39 Å². The topological polar surface area (TPSA) is 41.1 Å². The lowest BCUT2D eigenvalue weighted by Gasteiger charge is -2.31. The highest BCUT2D eigenvalue weighted by atomic mass is 32.2. The van der Waals surface area contributed by atoms with Crippen LogP contribution in [-0.4, -0.2) is 24.7 Å². The summed E-state index contributed by atoms with van der Waals surface area (Å²) in [6.45, 7) is 1.51. The number of carbonyl (C=O) groups is 1. The van der Waals surface area contributed by atoms with E-state index >= 15 is 0 Å². The maximum absolute atomic E-state index is 13.7. The summed E-state index contributed by atoms with van der Waals surface area (Å²) in [7, 11) is 0. The summed E-state index contributed by atoms with van der Waals surface area (Å²) in [5.74, 6) is 0.834. The molecule has 1 amide bonds. The second kappa shape index (κ2) is 4.90. The van der Waals surface area contributed by atoms with Crippen LogP contribution < -0.4 is 10.6 Å². The second-order valence-corrected chi connectivity index (χ2v) is 5.82. The zero-order valence-corrected chi connectivity index (χ0v) is 10.7. The van der Waals surface area contributed by atoms with Gasteiger partial charge in [-0.2, -0.15) is 0 Å². The number of thioether (sulfide) groups is 1. The van der Waals surface area contributed by atoms with E-state index in [0.717, 1.165) is 30.8 Å². The van der Waals surface area contributed by atoms with Crippen molar-refractivity contribution in [2.24, 2.45) is 5.92 Å². The van der Waals surface area contributed by atoms with Gasteiger partial charge < -0.3 is 10.6 Å². The minimum atomic E-state index is -0.179. The number of rotatable bonds is 2. The first kappa shape index (κ1) is 12.0. The lowest BCUT2D eigenvalue weighted by molar-refractivity contribution is -0.127. The van der Waals surface area contributed by atoms with Gasteiger partial charge in [-0.3, -0.25) is 4.79 Å². The average Bonchev–Trinajstić information content (AvgIpc) is 2.28. The molecule has 0 bridgehead atoms. The van der Waals surface area contributed by atoms with E-state index in [2.05, 4.69) is 10.6 Å². The van der Waals surface area contributed by atoms with Crippen LogP contribution in [0.1, 0.15) is 18.0 Å². The highest BCUT2D eigenvalue weighted by molar-refractivity contribution is 7.99. The number of amides is 1. The van der Waals surface area contributed by atoms with Crippen molar-refractivity contribution in [2.75, 3.05) is 18.8 Å². The lowest BCUT2D eigenvalue weighted by Crippen LogP contribution is -2.51. The third-order valence-corrected chi connectivity index (χ3v) is 4.65. The molecular formula is C13H15FN2OS. The van der Waals surface area contributed by atoms with Gasteiger partial charge in [0.05, 0.1) is 12.0 Å². The van der Waals surface area contributed by atoms with Crippen LogP contribution in [0.3, 0.4) is 0 Å². The van der Waals surface area contributed by atoms with Crippen molar-refractivity contribution in [1.29, 1.82) is 0 Å². The molecule has 1 saturated heterocycles. The van der Waals surface area contributed by atoms with Crippen molar-refractivity contribution >= 4 is 17.7 Å². The minimum Gasteiger partial charge on any atom is -0.349 e. The molecule has 2 N–H and O–H groups in total. The molecule has 0 spiro atoms. The summed E-state index contributed by atoms with van der Waals surface area (Å²) in [4.78, 5) is 12.6. The molecule has 0 aliphatic carbocycles. The van der Waals surface area contributed by atoms with Crippen molar-refractivity contribution in [3.05, 3.63) is 29.6 Å². The summed E-state index contributed by atoms with van der Waals surface area (Å²) >= 11 is 1.54. The molecule has 3 nitrogen and oxygen atoms in total. The number of halogens is 1. The number of benzene rings is 1. The highest BCUT2D eigenvalue weighted by Crippen LogP contribution is 2.37. The molecule has 0 aromatic heterocycles. The predicted octanol–water partition coefficient (Wildman–Crippen LogP) is 1.70. The third kappa shape index (κ3) is 2.12. The van der Waals surface area contributed by atoms with Gasteiger partial charge >= 0.3 is 0 Å². The number of fused-ring (bicyclic) bond motifs is 1. The smallest absolute Gasteiger partial charge is 0.226 e. The summed E-state index contributed by atoms with van der Waals surface area (Å²) in [5.41, 5.74) is 0.923. The van der Waals surface area contributed by atoms with Crippen LogP contribution in [0.5, 0.6) is 0 Å². The Morgan fingerprint density at radius 2 is 2.28 bits per heavy atom. The van der Waals surface area contributed by atoms with E-state index in [1.807, 2.05) is 6.07 Å². The predicted molar refractivity (Wildman–Crippen MR) is 69.0 cm³/mol. The van der Waals surface area contributed by atoms with E-state index in [4.69, 9.17) is 0 Å². The van der Waals surface area contributed by atoms with Crippen LogP contribution in [0.25, 0.3) is 0 Å². The largest absolute Gasteiger partial charge is 0.349 e. The molecule has 96 valence electrons. The van der Waals surface area contributed by atoms with Gasteiger partial charge in [-0.05, 0) is 18.1 Å². The van der Waals surface area contributed by atoms with Crippen LogP contribution in [0.4, 0.5) is 4.39 Å². The van der Waals surface area contributed by atoms with Gasteiger partial charge in [0.15, 0.2) is 0 Å². The van der Waals surface area contributed by atoms with Crippen LogP contribution in [0.15, 0.2) is 23.1 Å². The Kier molecular flexibility index (Phi) is 3.26. The molecule has 1 aromatic carbocycles. The van der Waals surface area contributed by atoms with E-state index in [1.54, 1.807) is 6.07 Å². The summed E-state index contributed by atoms with van der Waals surface area (Å²) < 4.78 is 13.7. The first-order chi connectivity index (χ1) is 8.75. The molecule has 2 heterocycles. The van der Waals surface area contributed by atoms with Crippen molar-refractivity contribution in [2.45, 2.75) is 17.4 Å². The van der Waals surface area contributed by atoms with Crippen molar-refractivity contribution in [1.82, 2.24) is 10.6 Å². The summed E-state index contributed by atoms with van der Waals surface area (Å²) in [6, 6.07) is 5.06. The molecular weight excluding hydrogens is 251 g/mol. The Bertz CT molecular complexity index is 476. The Balaban J connectivity index is 1.78. The third-order valence-electron chi connectivity index (χ3n) is 3.49. The van der Waals surface area contributed by atoms with E-state index in [0.29, 0.717) is 4.90 Å². The van der Waals surface area contributed by atoms with Crippen molar-refractivity contribution < 1.29 is 9.18 Å². The molecule has 2 aliphatic heterocycles. The molecule has 3 rings (SSSR count). The van der Waals surface area contributed by atoms with Gasteiger partial charge in [0.1, 0.15) is 5.82 Å². The first-order valence-corrected chi connectivity index (χ1v) is 7.16. The first-order valence-electron chi connectivity index (χ1n) is 6.18. The Hall–Kier alpha value is -1.07. The Morgan fingerprint density at radius 1 is 1.44 bits per heavy atom. The minimum absolute atomic E-state index is 0.0370. The summed E-state index contributed by atoms with van der Waals surface area (Å²) in [5, 5.41) is 6.13. The van der Waals surface area contributed by atoms with Gasteiger partial charge in [0.25, 0.3) is 0 Å². The fourth-order valence-electron chi connectivity index (χ4n) is 2.30. The number of hydrogen-bond acceptors (Lipinski definition) is 3. The molecule has 18 heavy (non-hydrogen) atoms. The maximum atomic E-state index is 13.7. The van der Waals surface area contributed by atoms with Gasteiger partial charge in [0.2, 0.25) is 5.91 Å². The standard InChI is InChI=1S/C13H15FN2OS/c14-10-3-1-2-9-11(4-5-18-12(9)10)16-13(17)8-6-15-7-8/h1-3,8,11,15H,4-7H2,(H,16,17). The monoisotopic (exact) mass is 266 g/mol. The van der Waals surface area contributed by atoms with Crippen LogP contribution >= 0.6 is 11.8 Å². The number of carbonyl (C=O) groups excluding carboxylic acids is 1. The zero-order chi connectivity index (χ0) is 12.5. The molecule has 2 aliphatic rings. The Morgan fingerprint density at radius 3 is 3.00 bits per heavy atom. The van der Waals surface area contributed by atoms with Gasteiger partial charge in [0, 0.05) is 23.7 Å². The number of nitrogens with one attached hydrogen (secondary N) is 2. The van der Waals surface area contributed by atoms with E-state index < -0.39 is 0 Å². The quantitative estimate of drug-likeness (QED) is 0.856. The van der Waals surface area contributed by atoms with E-state index in [9.17, 15) is 9.18 Å². The molecule has 0 saturated carbocycles. The van der Waals surface area contributed by atoms with Crippen molar-refractivity contribution in [3.63, 3.8) is 0 Å². The van der Waals surface area contributed by atoms with Crippen LogP contribution in [0.2, 0.25) is 0 Å². The van der Waals surface area contributed by atoms with Crippen LogP contribution in [-0.2, 0) is 4.79 Å². The fraction of sp³-hybridized carbons (Fsp3) is 0.462. The molecule has 0 radical (unpaired) electrons. The lowest BCUT2D eigenvalue weighted by atomic mass is 9.99. The molecule has 1 fully saturated rings. The summed E-state index contributed by atoms with van der Waals surface area (Å²) in [6.07, 6.45) is 0.868. The van der Waals surface area contributed by atoms with Crippen molar-refractivity contribution in [3.8, 4) is 0 Å². The normalized spacial score (nSPS) is 23.1. The molecule has 1 aromatic rings. The second-order valence-electron chi connectivity index (χ2n) is 4.71. The number of hydrogen-bond donors (Lipinski definition) is 2.